The number of carbonyl (C=O) groups excluding carboxylic acids is 2. The topological polar surface area (TPSA) is 101 Å². The van der Waals surface area contributed by atoms with E-state index in [1.54, 1.807) is 30.3 Å². The number of nitro groups is 1. The van der Waals surface area contributed by atoms with E-state index in [0.29, 0.717) is 16.8 Å². The Morgan fingerprint density at radius 1 is 1.15 bits per heavy atom. The minimum atomic E-state index is -0.506. The second kappa shape index (κ2) is 8.63. The van der Waals surface area contributed by atoms with Crippen LogP contribution < -0.4 is 10.6 Å². The van der Waals surface area contributed by atoms with Crippen molar-refractivity contribution < 1.29 is 14.5 Å². The molecule has 2 aromatic carbocycles. The van der Waals surface area contributed by atoms with E-state index in [4.69, 9.17) is 12.2 Å². The first-order valence-corrected chi connectivity index (χ1v) is 7.91. The van der Waals surface area contributed by atoms with Crippen molar-refractivity contribution in [3.63, 3.8) is 0 Å². The van der Waals surface area contributed by atoms with Crippen LogP contribution in [-0.4, -0.2) is 21.7 Å². The molecular formula is C18H15N3O4S. The molecule has 0 unspecified atom stereocenters. The lowest BCUT2D eigenvalue weighted by Gasteiger charge is -2.08. The number of nitro benzene ring substituents is 1. The van der Waals surface area contributed by atoms with Gasteiger partial charge in [-0.2, -0.15) is 0 Å². The third-order valence-electron chi connectivity index (χ3n) is 3.29. The highest BCUT2D eigenvalue weighted by Gasteiger charge is 2.05. The number of nitrogens with zero attached hydrogens (tertiary/aromatic N) is 1. The molecule has 0 radical (unpaired) electrons. The van der Waals surface area contributed by atoms with E-state index in [0.717, 1.165) is 0 Å². The number of amides is 1. The number of rotatable bonds is 5. The first-order chi connectivity index (χ1) is 12.3. The average molecular weight is 369 g/mol. The number of anilines is 1. The summed E-state index contributed by atoms with van der Waals surface area (Å²) in [6.07, 6.45) is 2.68. The van der Waals surface area contributed by atoms with Crippen LogP contribution in [0.4, 0.5) is 11.4 Å². The Morgan fingerprint density at radius 3 is 2.46 bits per heavy atom. The average Bonchev–Trinajstić information content (AvgIpc) is 2.60. The van der Waals surface area contributed by atoms with Crippen molar-refractivity contribution >= 4 is 46.5 Å². The van der Waals surface area contributed by atoms with Crippen molar-refractivity contribution in [2.24, 2.45) is 0 Å². The normalized spacial score (nSPS) is 10.3. The lowest BCUT2D eigenvalue weighted by atomic mass is 10.1. The quantitative estimate of drug-likeness (QED) is 0.276. The second-order valence-electron chi connectivity index (χ2n) is 5.26. The van der Waals surface area contributed by atoms with Crippen LogP contribution in [0, 0.1) is 10.1 Å². The van der Waals surface area contributed by atoms with Gasteiger partial charge in [0.05, 0.1) is 4.92 Å². The van der Waals surface area contributed by atoms with Gasteiger partial charge in [-0.25, -0.2) is 0 Å². The molecule has 2 rings (SSSR count). The first kappa shape index (κ1) is 18.9. The van der Waals surface area contributed by atoms with Gasteiger partial charge in [-0.1, -0.05) is 12.1 Å². The highest BCUT2D eigenvalue weighted by Crippen LogP contribution is 2.14. The van der Waals surface area contributed by atoms with Crippen LogP contribution in [0.15, 0.2) is 54.6 Å². The van der Waals surface area contributed by atoms with Gasteiger partial charge in [-0.3, -0.25) is 25.0 Å². The predicted molar refractivity (Wildman–Crippen MR) is 103 cm³/mol. The molecule has 8 heteroatoms. The number of ketones is 1. The van der Waals surface area contributed by atoms with Crippen LogP contribution >= 0.6 is 12.2 Å². The fourth-order valence-electron chi connectivity index (χ4n) is 2.02. The Kier molecular flexibility index (Phi) is 6.29. The maximum absolute atomic E-state index is 11.9. The number of carbonyl (C=O) groups is 2. The molecule has 7 nitrogen and oxygen atoms in total. The summed E-state index contributed by atoms with van der Waals surface area (Å²) in [7, 11) is 0. The summed E-state index contributed by atoms with van der Waals surface area (Å²) in [5.74, 6) is -0.520. The molecule has 1 amide bonds. The maximum Gasteiger partial charge on any atom is 0.270 e. The number of nitrogens with one attached hydrogen (secondary N) is 2. The lowest BCUT2D eigenvalue weighted by Crippen LogP contribution is -2.32. The van der Waals surface area contributed by atoms with E-state index in [-0.39, 0.29) is 16.6 Å². The summed E-state index contributed by atoms with van der Waals surface area (Å²) in [5, 5.41) is 16.1. The van der Waals surface area contributed by atoms with Gasteiger partial charge in [0.15, 0.2) is 10.9 Å². The molecule has 26 heavy (non-hydrogen) atoms. The van der Waals surface area contributed by atoms with Gasteiger partial charge < -0.3 is 5.32 Å². The van der Waals surface area contributed by atoms with Gasteiger partial charge in [-0.15, -0.1) is 0 Å². The number of thiocarbonyl (C=S) groups is 1. The highest BCUT2D eigenvalue weighted by atomic mass is 32.1. The van der Waals surface area contributed by atoms with E-state index < -0.39 is 10.8 Å². The van der Waals surface area contributed by atoms with Crippen molar-refractivity contribution in [2.45, 2.75) is 6.92 Å². The van der Waals surface area contributed by atoms with Crippen LogP contribution in [0.5, 0.6) is 0 Å². The summed E-state index contributed by atoms with van der Waals surface area (Å²) in [4.78, 5) is 33.3. The fourth-order valence-corrected chi connectivity index (χ4v) is 2.24. The van der Waals surface area contributed by atoms with Gasteiger partial charge in [0.1, 0.15) is 0 Å². The lowest BCUT2D eigenvalue weighted by molar-refractivity contribution is -0.384. The SMILES string of the molecule is CC(=O)c1ccc(NC(=S)NC(=O)/C=C/c2cccc([N+](=O)[O-])c2)cc1. The number of benzene rings is 2. The van der Waals surface area contributed by atoms with E-state index in [2.05, 4.69) is 10.6 Å². The summed E-state index contributed by atoms with van der Waals surface area (Å²) in [6.45, 7) is 1.47. The molecule has 0 heterocycles. The zero-order valence-corrected chi connectivity index (χ0v) is 14.6. The maximum atomic E-state index is 11.9. The molecule has 0 bridgehead atoms. The molecule has 0 aromatic heterocycles. The zero-order valence-electron chi connectivity index (χ0n) is 13.8. The summed E-state index contributed by atoms with van der Waals surface area (Å²) >= 11 is 5.05. The molecule has 0 saturated heterocycles. The van der Waals surface area contributed by atoms with E-state index in [9.17, 15) is 19.7 Å². The van der Waals surface area contributed by atoms with Crippen molar-refractivity contribution in [3.05, 3.63) is 75.8 Å². The van der Waals surface area contributed by atoms with E-state index >= 15 is 0 Å². The predicted octanol–water partition coefficient (Wildman–Crippen LogP) is 3.32. The molecule has 2 N–H and O–H groups in total. The Morgan fingerprint density at radius 2 is 1.85 bits per heavy atom. The zero-order chi connectivity index (χ0) is 19.1. The van der Waals surface area contributed by atoms with Crippen LogP contribution in [0.25, 0.3) is 6.08 Å². The second-order valence-corrected chi connectivity index (χ2v) is 5.67. The molecule has 0 spiro atoms. The molecule has 0 aliphatic rings. The van der Waals surface area contributed by atoms with Crippen LogP contribution in [0.1, 0.15) is 22.8 Å². The van der Waals surface area contributed by atoms with E-state index in [1.165, 1.54) is 37.3 Å². The largest absolute Gasteiger partial charge is 0.332 e. The Bertz CT molecular complexity index is 892. The summed E-state index contributed by atoms with van der Waals surface area (Å²) in [6, 6.07) is 12.6. The van der Waals surface area contributed by atoms with Crippen molar-refractivity contribution in [2.75, 3.05) is 5.32 Å². The number of hydrogen-bond donors (Lipinski definition) is 2. The summed E-state index contributed by atoms with van der Waals surface area (Å²) in [5.41, 5.74) is 1.67. The number of Topliss-reactive ketones (excluding diaryl/α,β-unsaturated/α-hetero) is 1. The molecule has 2 aromatic rings. The van der Waals surface area contributed by atoms with Gasteiger partial charge in [0.25, 0.3) is 5.69 Å². The summed E-state index contributed by atoms with van der Waals surface area (Å²) < 4.78 is 0. The third-order valence-corrected chi connectivity index (χ3v) is 3.50. The molecule has 0 fully saturated rings. The van der Waals surface area contributed by atoms with Crippen LogP contribution in [0.3, 0.4) is 0 Å². The van der Waals surface area contributed by atoms with Crippen molar-refractivity contribution in [3.8, 4) is 0 Å². The van der Waals surface area contributed by atoms with E-state index in [1.807, 2.05) is 0 Å². The Labute approximate surface area is 154 Å². The minimum absolute atomic E-state index is 0.0429. The van der Waals surface area contributed by atoms with Gasteiger partial charge in [0.2, 0.25) is 5.91 Å². The van der Waals surface area contributed by atoms with Gasteiger partial charge >= 0.3 is 0 Å². The van der Waals surface area contributed by atoms with Gasteiger partial charge in [0, 0.05) is 29.5 Å². The molecule has 0 aliphatic heterocycles. The molecule has 0 aliphatic carbocycles. The van der Waals surface area contributed by atoms with Crippen LogP contribution in [-0.2, 0) is 4.79 Å². The van der Waals surface area contributed by atoms with Crippen LogP contribution in [0.2, 0.25) is 0 Å². The van der Waals surface area contributed by atoms with Crippen molar-refractivity contribution in [1.29, 1.82) is 0 Å². The fraction of sp³-hybridized carbons (Fsp3) is 0.0556. The van der Waals surface area contributed by atoms with Crippen molar-refractivity contribution in [1.82, 2.24) is 5.32 Å². The standard InChI is InChI=1S/C18H15N3O4S/c1-12(22)14-6-8-15(9-7-14)19-18(26)20-17(23)10-5-13-3-2-4-16(11-13)21(24)25/h2-11H,1H3,(H2,19,20,23,26)/b10-5+. The monoisotopic (exact) mass is 369 g/mol. The molecule has 132 valence electrons. The first-order valence-electron chi connectivity index (χ1n) is 7.50. The molecular weight excluding hydrogens is 354 g/mol. The molecule has 0 atom stereocenters. The number of non-ortho nitro benzene ring substituents is 1. The minimum Gasteiger partial charge on any atom is -0.332 e. The number of hydrogen-bond acceptors (Lipinski definition) is 5. The highest BCUT2D eigenvalue weighted by molar-refractivity contribution is 7.80. The third kappa shape index (κ3) is 5.60. The Hall–Kier alpha value is -3.39. The Balaban J connectivity index is 1.92. The molecule has 0 saturated carbocycles. The smallest absolute Gasteiger partial charge is 0.270 e. The van der Waals surface area contributed by atoms with Gasteiger partial charge in [-0.05, 0) is 55.0 Å².